The third-order valence-electron chi connectivity index (χ3n) is 2.57. The first-order chi connectivity index (χ1) is 8.51. The van der Waals surface area contributed by atoms with Crippen molar-refractivity contribution in [3.63, 3.8) is 0 Å². The van der Waals surface area contributed by atoms with Crippen molar-refractivity contribution in [2.75, 3.05) is 4.90 Å². The molecule has 1 N–H and O–H groups in total. The molecule has 0 radical (unpaired) electrons. The van der Waals surface area contributed by atoms with E-state index in [1.54, 1.807) is 32.0 Å². The van der Waals surface area contributed by atoms with Crippen LogP contribution in [0.15, 0.2) is 24.3 Å². The number of carbonyl (C=O) groups is 2. The summed E-state index contributed by atoms with van der Waals surface area (Å²) in [6.45, 7) is 3.45. The Hall–Kier alpha value is -2.35. The summed E-state index contributed by atoms with van der Waals surface area (Å²) in [5.74, 6) is -1.31. The lowest BCUT2D eigenvalue weighted by molar-refractivity contribution is -0.140. The Balaban J connectivity index is 3.19. The van der Waals surface area contributed by atoms with Gasteiger partial charge in [0.05, 0.1) is 11.6 Å². The van der Waals surface area contributed by atoms with Gasteiger partial charge in [-0.2, -0.15) is 5.26 Å². The average molecular weight is 246 g/mol. The van der Waals surface area contributed by atoms with Crippen molar-refractivity contribution in [2.24, 2.45) is 5.92 Å². The van der Waals surface area contributed by atoms with E-state index in [9.17, 15) is 9.59 Å². The normalized spacial score (nSPS) is 11.7. The van der Waals surface area contributed by atoms with E-state index >= 15 is 0 Å². The lowest BCUT2D eigenvalue weighted by Crippen LogP contribution is -2.44. The molecule has 5 nitrogen and oxygen atoms in total. The van der Waals surface area contributed by atoms with Crippen LogP contribution in [-0.2, 0) is 9.59 Å². The van der Waals surface area contributed by atoms with Crippen molar-refractivity contribution < 1.29 is 14.7 Å². The van der Waals surface area contributed by atoms with Crippen LogP contribution in [-0.4, -0.2) is 23.5 Å². The molecule has 0 saturated carbocycles. The predicted octanol–water partition coefficient (Wildman–Crippen LogP) is 1.63. The molecule has 1 amide bonds. The minimum atomic E-state index is -1.07. The van der Waals surface area contributed by atoms with Gasteiger partial charge in [-0.1, -0.05) is 19.9 Å². The lowest BCUT2D eigenvalue weighted by atomic mass is 10.0. The van der Waals surface area contributed by atoms with Crippen LogP contribution in [0, 0.1) is 17.2 Å². The molecule has 0 heterocycles. The topological polar surface area (TPSA) is 81.4 Å². The van der Waals surface area contributed by atoms with Crippen molar-refractivity contribution in [2.45, 2.75) is 19.9 Å². The smallest absolute Gasteiger partial charge is 0.327 e. The van der Waals surface area contributed by atoms with Crippen molar-refractivity contribution in [1.29, 1.82) is 5.26 Å². The van der Waals surface area contributed by atoms with E-state index in [0.717, 1.165) is 4.90 Å². The fraction of sp³-hybridized carbons (Fsp3) is 0.308. The minimum Gasteiger partial charge on any atom is -0.480 e. The number of carbonyl (C=O) groups excluding carboxylic acids is 1. The number of nitrogens with zero attached hydrogens (tertiary/aromatic N) is 2. The van der Waals surface area contributed by atoms with E-state index in [4.69, 9.17) is 10.4 Å². The van der Waals surface area contributed by atoms with Gasteiger partial charge in [0.15, 0.2) is 0 Å². The van der Waals surface area contributed by atoms with E-state index in [2.05, 4.69) is 0 Å². The van der Waals surface area contributed by atoms with Gasteiger partial charge in [0.25, 0.3) is 0 Å². The number of amides is 1. The fourth-order valence-corrected chi connectivity index (χ4v) is 1.75. The minimum absolute atomic E-state index is 0.238. The predicted molar refractivity (Wildman–Crippen MR) is 66.0 cm³/mol. The molecule has 1 unspecified atom stereocenters. The maximum atomic E-state index is 11.2. The van der Waals surface area contributed by atoms with Gasteiger partial charge < -0.3 is 10.0 Å². The van der Waals surface area contributed by atoms with Crippen molar-refractivity contribution >= 4 is 18.1 Å². The summed E-state index contributed by atoms with van der Waals surface area (Å²) in [5, 5.41) is 18.0. The summed E-state index contributed by atoms with van der Waals surface area (Å²) in [5.41, 5.74) is 0.789. The lowest BCUT2D eigenvalue weighted by Gasteiger charge is -2.27. The van der Waals surface area contributed by atoms with Crippen LogP contribution < -0.4 is 4.90 Å². The maximum Gasteiger partial charge on any atom is 0.327 e. The molecule has 0 aromatic heterocycles. The van der Waals surface area contributed by atoms with Crippen LogP contribution >= 0.6 is 0 Å². The van der Waals surface area contributed by atoms with E-state index in [1.807, 2.05) is 6.07 Å². The number of carboxylic acids is 1. The molecule has 0 fully saturated rings. The fourth-order valence-electron chi connectivity index (χ4n) is 1.75. The van der Waals surface area contributed by atoms with Gasteiger partial charge in [0.2, 0.25) is 6.41 Å². The van der Waals surface area contributed by atoms with Gasteiger partial charge in [-0.05, 0) is 24.1 Å². The first kappa shape index (κ1) is 13.7. The molecule has 1 aromatic carbocycles. The summed E-state index contributed by atoms with van der Waals surface area (Å²) in [6, 6.07) is 7.31. The van der Waals surface area contributed by atoms with Crippen LogP contribution in [0.25, 0.3) is 0 Å². The SMILES string of the molecule is CC(C)C(C(=O)O)N(C=O)c1cccc(C#N)c1. The highest BCUT2D eigenvalue weighted by atomic mass is 16.4. The molecule has 18 heavy (non-hydrogen) atoms. The summed E-state index contributed by atoms with van der Waals surface area (Å²) in [7, 11) is 0. The molecule has 1 rings (SSSR count). The third kappa shape index (κ3) is 2.86. The second-order valence-corrected chi connectivity index (χ2v) is 4.20. The number of aliphatic carboxylic acids is 1. The summed E-state index contributed by atoms with van der Waals surface area (Å²) in [6.07, 6.45) is 0.481. The molecule has 0 aliphatic heterocycles. The molecule has 1 atom stereocenters. The van der Waals surface area contributed by atoms with Crippen molar-refractivity contribution in [1.82, 2.24) is 0 Å². The van der Waals surface area contributed by atoms with Gasteiger partial charge >= 0.3 is 5.97 Å². The quantitative estimate of drug-likeness (QED) is 0.800. The molecule has 0 bridgehead atoms. The number of hydrogen-bond acceptors (Lipinski definition) is 3. The molecular formula is C13H14N2O3. The Bertz CT molecular complexity index is 491. The standard InChI is InChI=1S/C13H14N2O3/c1-9(2)12(13(17)18)15(8-16)11-5-3-4-10(6-11)7-14/h3-6,8-9,12H,1-2H3,(H,17,18). The molecule has 1 aromatic rings. The summed E-state index contributed by atoms with van der Waals surface area (Å²) < 4.78 is 0. The molecule has 0 aliphatic carbocycles. The summed E-state index contributed by atoms with van der Waals surface area (Å²) >= 11 is 0. The van der Waals surface area contributed by atoms with Gasteiger partial charge in [-0.15, -0.1) is 0 Å². The highest BCUT2D eigenvalue weighted by Gasteiger charge is 2.28. The average Bonchev–Trinajstić information content (AvgIpc) is 2.34. The van der Waals surface area contributed by atoms with Gasteiger partial charge in [0, 0.05) is 5.69 Å². The second-order valence-electron chi connectivity index (χ2n) is 4.20. The van der Waals surface area contributed by atoms with Crippen LogP contribution in [0.1, 0.15) is 19.4 Å². The zero-order valence-corrected chi connectivity index (χ0v) is 10.2. The molecule has 0 aliphatic rings. The number of benzene rings is 1. The number of rotatable bonds is 5. The highest BCUT2D eigenvalue weighted by Crippen LogP contribution is 2.21. The van der Waals surface area contributed by atoms with E-state index in [-0.39, 0.29) is 5.92 Å². The number of nitriles is 1. The van der Waals surface area contributed by atoms with Crippen molar-refractivity contribution in [3.05, 3.63) is 29.8 Å². The molecule has 94 valence electrons. The van der Waals surface area contributed by atoms with Crippen LogP contribution in [0.2, 0.25) is 0 Å². The Morgan fingerprint density at radius 3 is 2.61 bits per heavy atom. The van der Waals surface area contributed by atoms with Gasteiger partial charge in [0.1, 0.15) is 6.04 Å². The number of carboxylic acid groups (broad SMARTS) is 1. The van der Waals surface area contributed by atoms with Gasteiger partial charge in [-0.3, -0.25) is 4.79 Å². The Kier molecular flexibility index (Phi) is 4.44. The Labute approximate surface area is 105 Å². The summed E-state index contributed by atoms with van der Waals surface area (Å²) in [4.78, 5) is 23.5. The Morgan fingerprint density at radius 2 is 2.17 bits per heavy atom. The Morgan fingerprint density at radius 1 is 1.50 bits per heavy atom. The zero-order valence-electron chi connectivity index (χ0n) is 10.2. The van der Waals surface area contributed by atoms with Crippen LogP contribution in [0.5, 0.6) is 0 Å². The molecule has 0 saturated heterocycles. The van der Waals surface area contributed by atoms with E-state index in [1.165, 1.54) is 6.07 Å². The first-order valence-corrected chi connectivity index (χ1v) is 5.48. The van der Waals surface area contributed by atoms with E-state index < -0.39 is 12.0 Å². The zero-order chi connectivity index (χ0) is 13.7. The van der Waals surface area contributed by atoms with Crippen LogP contribution in [0.4, 0.5) is 5.69 Å². The number of anilines is 1. The van der Waals surface area contributed by atoms with E-state index in [0.29, 0.717) is 17.7 Å². The molecular weight excluding hydrogens is 232 g/mol. The largest absolute Gasteiger partial charge is 0.480 e. The third-order valence-corrected chi connectivity index (χ3v) is 2.57. The van der Waals surface area contributed by atoms with Gasteiger partial charge in [-0.25, -0.2) is 4.79 Å². The first-order valence-electron chi connectivity index (χ1n) is 5.48. The maximum absolute atomic E-state index is 11.2. The molecule has 5 heteroatoms. The molecule has 0 spiro atoms. The highest BCUT2D eigenvalue weighted by molar-refractivity contribution is 5.88. The number of hydrogen-bond donors (Lipinski definition) is 1. The second kappa shape index (κ2) is 5.82. The van der Waals surface area contributed by atoms with Crippen molar-refractivity contribution in [3.8, 4) is 6.07 Å². The monoisotopic (exact) mass is 246 g/mol. The van der Waals surface area contributed by atoms with Crippen LogP contribution in [0.3, 0.4) is 0 Å².